The van der Waals surface area contributed by atoms with E-state index < -0.39 is 0 Å². The molecule has 0 amide bonds. The van der Waals surface area contributed by atoms with Crippen molar-refractivity contribution in [2.75, 3.05) is 0 Å². The molecule has 0 radical (unpaired) electrons. The number of fused-ring (bicyclic) bond motifs is 1. The minimum atomic E-state index is -0.152. The van der Waals surface area contributed by atoms with Crippen molar-refractivity contribution >= 4 is 28.1 Å². The zero-order chi connectivity index (χ0) is 18.3. The topological polar surface area (TPSA) is 78.0 Å². The molecule has 0 saturated carbocycles. The van der Waals surface area contributed by atoms with E-state index in [1.54, 1.807) is 11.8 Å². The Bertz CT molecular complexity index is 1160. The van der Waals surface area contributed by atoms with Gasteiger partial charge < -0.3 is 4.57 Å². The van der Waals surface area contributed by atoms with Gasteiger partial charge in [0.25, 0.3) is 5.56 Å². The van der Waals surface area contributed by atoms with E-state index in [1.807, 2.05) is 36.7 Å². The van der Waals surface area contributed by atoms with Crippen LogP contribution in [0.1, 0.15) is 16.3 Å². The fraction of sp³-hybridized carbons (Fsp3) is 0.235. The van der Waals surface area contributed by atoms with Crippen molar-refractivity contribution < 1.29 is 0 Å². The van der Waals surface area contributed by atoms with E-state index in [4.69, 9.17) is 0 Å². The minimum absolute atomic E-state index is 0.152. The smallest absolute Gasteiger partial charge is 0.275 e. The number of aryl methyl sites for hydroxylation is 2. The van der Waals surface area contributed by atoms with Gasteiger partial charge in [0, 0.05) is 24.4 Å². The Morgan fingerprint density at radius 1 is 1.19 bits per heavy atom. The van der Waals surface area contributed by atoms with Crippen LogP contribution < -0.4 is 5.56 Å². The molecular weight excluding hydrogens is 368 g/mol. The fourth-order valence-corrected chi connectivity index (χ4v) is 4.49. The fourth-order valence-electron chi connectivity index (χ4n) is 2.64. The zero-order valence-corrected chi connectivity index (χ0v) is 16.1. The van der Waals surface area contributed by atoms with E-state index in [0.29, 0.717) is 16.4 Å². The highest BCUT2D eigenvalue weighted by molar-refractivity contribution is 7.98. The Balaban J connectivity index is 1.59. The number of nitrogens with zero attached hydrogens (tertiary/aromatic N) is 6. The zero-order valence-electron chi connectivity index (χ0n) is 14.5. The van der Waals surface area contributed by atoms with Gasteiger partial charge >= 0.3 is 0 Å². The van der Waals surface area contributed by atoms with Crippen LogP contribution in [-0.4, -0.2) is 29.4 Å². The van der Waals surface area contributed by atoms with Crippen molar-refractivity contribution in [3.05, 3.63) is 57.0 Å². The number of benzene rings is 1. The van der Waals surface area contributed by atoms with Gasteiger partial charge in [-0.25, -0.2) is 4.98 Å². The van der Waals surface area contributed by atoms with Crippen molar-refractivity contribution in [1.82, 2.24) is 29.4 Å². The molecule has 0 atom stereocenters. The summed E-state index contributed by atoms with van der Waals surface area (Å²) in [5, 5.41) is 14.6. The summed E-state index contributed by atoms with van der Waals surface area (Å²) in [6.07, 6.45) is 0. The lowest BCUT2D eigenvalue weighted by atomic mass is 10.1. The molecule has 0 N–H and O–H groups in total. The third-order valence-corrected chi connectivity index (χ3v) is 6.08. The summed E-state index contributed by atoms with van der Waals surface area (Å²) in [5.74, 6) is 1.44. The number of hydrogen-bond acceptors (Lipinski definition) is 7. The summed E-state index contributed by atoms with van der Waals surface area (Å²) < 4.78 is 3.33. The molecule has 4 aromatic rings. The Morgan fingerprint density at radius 2 is 2.00 bits per heavy atom. The van der Waals surface area contributed by atoms with Gasteiger partial charge in [-0.15, -0.1) is 10.2 Å². The molecule has 9 heteroatoms. The van der Waals surface area contributed by atoms with E-state index in [1.165, 1.54) is 21.9 Å². The maximum absolute atomic E-state index is 12.0. The number of aromatic nitrogens is 6. The standard InChI is InChI=1S/C17H16N6OS2/c1-10-6-4-5-7-12(10)15-19-20-17(22(15)3)25-9-13-21-23-14(24)8-11(2)18-16(23)26-13/h4-8H,9H2,1-3H3. The maximum Gasteiger partial charge on any atom is 0.275 e. The molecule has 26 heavy (non-hydrogen) atoms. The van der Waals surface area contributed by atoms with Crippen molar-refractivity contribution in [1.29, 1.82) is 0 Å². The molecule has 1 aromatic carbocycles. The van der Waals surface area contributed by atoms with Crippen molar-refractivity contribution in [2.45, 2.75) is 24.8 Å². The van der Waals surface area contributed by atoms with Gasteiger partial charge in [0.05, 0.1) is 5.75 Å². The van der Waals surface area contributed by atoms with E-state index in [9.17, 15) is 4.79 Å². The lowest BCUT2D eigenvalue weighted by Gasteiger charge is -2.05. The van der Waals surface area contributed by atoms with Crippen LogP contribution in [0.4, 0.5) is 0 Å². The molecule has 0 saturated heterocycles. The molecule has 0 aliphatic rings. The molecule has 0 aliphatic carbocycles. The maximum atomic E-state index is 12.0. The highest BCUT2D eigenvalue weighted by atomic mass is 32.2. The SMILES string of the molecule is Cc1cc(=O)n2nc(CSc3nnc(-c4ccccc4C)n3C)sc2n1. The number of rotatable bonds is 4. The Hall–Kier alpha value is -2.52. The van der Waals surface area contributed by atoms with Crippen LogP contribution in [0.15, 0.2) is 40.3 Å². The normalized spacial score (nSPS) is 11.3. The predicted molar refractivity (Wildman–Crippen MR) is 103 cm³/mol. The summed E-state index contributed by atoms with van der Waals surface area (Å²) in [4.78, 5) is 16.9. The summed E-state index contributed by atoms with van der Waals surface area (Å²) >= 11 is 2.96. The van der Waals surface area contributed by atoms with Gasteiger partial charge in [-0.1, -0.05) is 47.4 Å². The second-order valence-corrected chi connectivity index (χ2v) is 7.88. The molecule has 3 heterocycles. The molecule has 0 spiro atoms. The first-order chi connectivity index (χ1) is 12.5. The Kier molecular flexibility index (Phi) is 4.33. The minimum Gasteiger partial charge on any atom is -0.305 e. The lowest BCUT2D eigenvalue weighted by molar-refractivity contribution is 0.792. The number of thioether (sulfide) groups is 1. The molecule has 0 bridgehead atoms. The van der Waals surface area contributed by atoms with Crippen LogP contribution in [0.3, 0.4) is 0 Å². The number of hydrogen-bond donors (Lipinski definition) is 0. The summed E-state index contributed by atoms with van der Waals surface area (Å²) in [6, 6.07) is 9.60. The second-order valence-electron chi connectivity index (χ2n) is 5.89. The van der Waals surface area contributed by atoms with Gasteiger partial charge in [-0.05, 0) is 19.4 Å². The Labute approximate surface area is 157 Å². The van der Waals surface area contributed by atoms with Gasteiger partial charge in [-0.3, -0.25) is 4.79 Å². The van der Waals surface area contributed by atoms with Crippen LogP contribution in [-0.2, 0) is 12.8 Å². The first-order valence-electron chi connectivity index (χ1n) is 7.97. The van der Waals surface area contributed by atoms with Gasteiger partial charge in [0.1, 0.15) is 5.01 Å². The first-order valence-corrected chi connectivity index (χ1v) is 9.78. The van der Waals surface area contributed by atoms with E-state index in [0.717, 1.165) is 27.1 Å². The third kappa shape index (κ3) is 3.04. The Morgan fingerprint density at radius 3 is 2.81 bits per heavy atom. The van der Waals surface area contributed by atoms with E-state index in [2.05, 4.69) is 33.3 Å². The van der Waals surface area contributed by atoms with Gasteiger partial charge in [0.15, 0.2) is 11.0 Å². The molecule has 4 rings (SSSR count). The molecule has 0 unspecified atom stereocenters. The summed E-state index contributed by atoms with van der Waals surface area (Å²) in [7, 11) is 1.96. The predicted octanol–water partition coefficient (Wildman–Crippen LogP) is 2.86. The van der Waals surface area contributed by atoms with Crippen LogP contribution in [0.2, 0.25) is 0 Å². The highest BCUT2D eigenvalue weighted by Gasteiger charge is 2.14. The molecule has 0 fully saturated rings. The highest BCUT2D eigenvalue weighted by Crippen LogP contribution is 2.27. The quantitative estimate of drug-likeness (QED) is 0.504. The van der Waals surface area contributed by atoms with Crippen molar-refractivity contribution in [3.63, 3.8) is 0 Å². The average Bonchev–Trinajstić information content (AvgIpc) is 3.17. The van der Waals surface area contributed by atoms with Crippen molar-refractivity contribution in [3.8, 4) is 11.4 Å². The van der Waals surface area contributed by atoms with Crippen LogP contribution in [0, 0.1) is 13.8 Å². The lowest BCUT2D eigenvalue weighted by Crippen LogP contribution is -2.14. The monoisotopic (exact) mass is 384 g/mol. The first kappa shape index (κ1) is 16.9. The van der Waals surface area contributed by atoms with Crippen molar-refractivity contribution in [2.24, 2.45) is 7.05 Å². The molecular formula is C17H16N6OS2. The molecule has 132 valence electrons. The van der Waals surface area contributed by atoms with E-state index >= 15 is 0 Å². The molecule has 3 aromatic heterocycles. The summed E-state index contributed by atoms with van der Waals surface area (Å²) in [5.41, 5.74) is 2.78. The molecule has 0 aliphatic heterocycles. The third-order valence-electron chi connectivity index (χ3n) is 3.96. The van der Waals surface area contributed by atoms with Gasteiger partial charge in [-0.2, -0.15) is 9.61 Å². The van der Waals surface area contributed by atoms with Crippen LogP contribution in [0.5, 0.6) is 0 Å². The largest absolute Gasteiger partial charge is 0.305 e. The van der Waals surface area contributed by atoms with Gasteiger partial charge in [0.2, 0.25) is 4.96 Å². The van der Waals surface area contributed by atoms with Crippen LogP contribution >= 0.6 is 23.1 Å². The average molecular weight is 384 g/mol. The van der Waals surface area contributed by atoms with Crippen LogP contribution in [0.25, 0.3) is 16.3 Å². The second kappa shape index (κ2) is 6.65. The molecule has 7 nitrogen and oxygen atoms in total. The summed E-state index contributed by atoms with van der Waals surface area (Å²) in [6.45, 7) is 3.87. The van der Waals surface area contributed by atoms with E-state index in [-0.39, 0.29) is 5.56 Å².